The third kappa shape index (κ3) is 8.57. The lowest BCUT2D eigenvalue weighted by Gasteiger charge is -2.15. The summed E-state index contributed by atoms with van der Waals surface area (Å²) in [4.78, 5) is 12.1. The molecule has 0 aromatic heterocycles. The van der Waals surface area contributed by atoms with Crippen LogP contribution in [0.5, 0.6) is 11.5 Å². The van der Waals surface area contributed by atoms with E-state index < -0.39 is 43.1 Å². The largest absolute Gasteiger partial charge is 0.484 e. The Balaban J connectivity index is 2.17. The van der Waals surface area contributed by atoms with Crippen LogP contribution in [0.2, 0.25) is 5.02 Å². The molecule has 0 aliphatic carbocycles. The number of rotatable bonds is 6. The summed E-state index contributed by atoms with van der Waals surface area (Å²) >= 11 is 9.16. The van der Waals surface area contributed by atoms with Crippen molar-refractivity contribution < 1.29 is 40.6 Å². The normalized spacial score (nSPS) is 11.7. The summed E-state index contributed by atoms with van der Waals surface area (Å²) in [6, 6.07) is 6.55. The molecule has 0 unspecified atom stereocenters. The van der Waals surface area contributed by atoms with E-state index in [1.54, 1.807) is 6.07 Å². The van der Waals surface area contributed by atoms with Crippen LogP contribution in [0.25, 0.3) is 0 Å². The SMILES string of the molecule is O=C(Nc1cc(OCC(F)(F)F)cc(OCC(F)(F)F)c1)Nc1ccc(Br)cc1Cl. The van der Waals surface area contributed by atoms with Gasteiger partial charge in [-0.1, -0.05) is 27.5 Å². The Bertz CT molecular complexity index is 872. The van der Waals surface area contributed by atoms with Gasteiger partial charge in [-0.15, -0.1) is 0 Å². The average Bonchev–Trinajstić information content (AvgIpc) is 2.59. The Hall–Kier alpha value is -2.34. The van der Waals surface area contributed by atoms with Gasteiger partial charge in [0.1, 0.15) is 11.5 Å². The number of hydrogen-bond donors (Lipinski definition) is 2. The summed E-state index contributed by atoms with van der Waals surface area (Å²) in [5.74, 6) is -0.909. The molecule has 2 rings (SSSR count). The highest BCUT2D eigenvalue weighted by atomic mass is 79.9. The number of amides is 2. The van der Waals surface area contributed by atoms with Gasteiger partial charge in [0.05, 0.1) is 10.7 Å². The zero-order valence-corrected chi connectivity index (χ0v) is 17.0. The highest BCUT2D eigenvalue weighted by molar-refractivity contribution is 9.10. The third-order valence-electron chi connectivity index (χ3n) is 3.12. The molecule has 0 atom stereocenters. The first-order valence-electron chi connectivity index (χ1n) is 7.88. The van der Waals surface area contributed by atoms with Crippen molar-refractivity contribution in [1.29, 1.82) is 0 Å². The monoisotopic (exact) mass is 520 g/mol. The molecule has 0 aliphatic heterocycles. The number of anilines is 2. The number of ether oxygens (including phenoxy) is 2. The van der Waals surface area contributed by atoms with Gasteiger partial charge in [-0.05, 0) is 18.2 Å². The van der Waals surface area contributed by atoms with Crippen LogP contribution in [-0.2, 0) is 0 Å². The summed E-state index contributed by atoms with van der Waals surface area (Å²) in [6.45, 7) is -3.37. The van der Waals surface area contributed by atoms with Gasteiger partial charge in [-0.25, -0.2) is 4.79 Å². The first-order chi connectivity index (χ1) is 13.8. The average molecular weight is 522 g/mol. The second-order valence-electron chi connectivity index (χ2n) is 5.70. The molecule has 30 heavy (non-hydrogen) atoms. The molecule has 0 heterocycles. The standard InChI is InChI=1S/C17H12BrClF6N2O3/c18-9-1-2-14(13(19)3-9)27-15(28)26-10-4-11(29-7-16(20,21)22)6-12(5-10)30-8-17(23,24)25/h1-6H,7-8H2,(H2,26,27,28). The van der Waals surface area contributed by atoms with E-state index in [1.807, 2.05) is 0 Å². The van der Waals surface area contributed by atoms with Crippen molar-refractivity contribution in [3.63, 3.8) is 0 Å². The summed E-state index contributed by atoms with van der Waals surface area (Å²) in [7, 11) is 0. The van der Waals surface area contributed by atoms with Gasteiger partial charge in [0.25, 0.3) is 0 Å². The summed E-state index contributed by atoms with van der Waals surface area (Å²) in [5, 5.41) is 4.85. The number of carbonyl (C=O) groups is 1. The van der Waals surface area contributed by atoms with Crippen molar-refractivity contribution in [1.82, 2.24) is 0 Å². The molecule has 2 aromatic carbocycles. The number of carbonyl (C=O) groups excluding carboxylic acids is 1. The van der Waals surface area contributed by atoms with Gasteiger partial charge in [-0.2, -0.15) is 26.3 Å². The molecule has 0 aliphatic rings. The van der Waals surface area contributed by atoms with E-state index in [1.165, 1.54) is 12.1 Å². The zero-order valence-electron chi connectivity index (χ0n) is 14.6. The fraction of sp³-hybridized carbons (Fsp3) is 0.235. The number of alkyl halides is 6. The molecular weight excluding hydrogens is 510 g/mol. The van der Waals surface area contributed by atoms with Crippen LogP contribution in [0.1, 0.15) is 0 Å². The van der Waals surface area contributed by atoms with Crippen LogP contribution in [-0.4, -0.2) is 31.6 Å². The Kier molecular flexibility index (Phi) is 7.70. The predicted octanol–water partition coefficient (Wildman–Crippen LogP) is 6.63. The smallest absolute Gasteiger partial charge is 0.422 e. The highest BCUT2D eigenvalue weighted by Gasteiger charge is 2.30. The predicted molar refractivity (Wildman–Crippen MR) is 101 cm³/mol. The number of urea groups is 1. The van der Waals surface area contributed by atoms with Crippen molar-refractivity contribution >= 4 is 44.9 Å². The maximum Gasteiger partial charge on any atom is 0.422 e. The van der Waals surface area contributed by atoms with Gasteiger partial charge in [0.2, 0.25) is 0 Å². The molecule has 164 valence electrons. The molecular formula is C17H12BrClF6N2O3. The van der Waals surface area contributed by atoms with Gasteiger partial charge >= 0.3 is 18.4 Å². The fourth-order valence-corrected chi connectivity index (χ4v) is 2.74. The molecule has 5 nitrogen and oxygen atoms in total. The third-order valence-corrected chi connectivity index (χ3v) is 3.93. The first-order valence-corrected chi connectivity index (χ1v) is 9.05. The zero-order chi connectivity index (χ0) is 22.5. The Morgan fingerprint density at radius 2 is 1.43 bits per heavy atom. The molecule has 0 fully saturated rings. The van der Waals surface area contributed by atoms with E-state index in [9.17, 15) is 31.1 Å². The van der Waals surface area contributed by atoms with Crippen LogP contribution in [0.3, 0.4) is 0 Å². The van der Waals surface area contributed by atoms with E-state index in [2.05, 4.69) is 36.0 Å². The molecule has 0 spiro atoms. The Morgan fingerprint density at radius 1 is 0.900 bits per heavy atom. The Labute approximate surface area is 179 Å². The topological polar surface area (TPSA) is 59.6 Å². The van der Waals surface area contributed by atoms with E-state index in [4.69, 9.17) is 11.6 Å². The second kappa shape index (κ2) is 9.65. The number of nitrogens with one attached hydrogen (secondary N) is 2. The number of hydrogen-bond acceptors (Lipinski definition) is 3. The fourth-order valence-electron chi connectivity index (χ4n) is 2.02. The van der Waals surface area contributed by atoms with Gasteiger partial charge in [-0.3, -0.25) is 0 Å². The van der Waals surface area contributed by atoms with E-state index in [0.717, 1.165) is 18.2 Å². The lowest BCUT2D eigenvalue weighted by Crippen LogP contribution is -2.21. The maximum atomic E-state index is 12.4. The van der Waals surface area contributed by atoms with E-state index in [-0.39, 0.29) is 16.4 Å². The number of halogens is 8. The van der Waals surface area contributed by atoms with Crippen LogP contribution in [0.15, 0.2) is 40.9 Å². The van der Waals surface area contributed by atoms with Crippen molar-refractivity contribution in [3.8, 4) is 11.5 Å². The Morgan fingerprint density at radius 3 is 1.90 bits per heavy atom. The first kappa shape index (κ1) is 23.9. The molecule has 2 amide bonds. The highest BCUT2D eigenvalue weighted by Crippen LogP contribution is 2.30. The minimum atomic E-state index is -4.67. The van der Waals surface area contributed by atoms with Gasteiger partial charge < -0.3 is 20.1 Å². The summed E-state index contributed by atoms with van der Waals surface area (Å²) < 4.78 is 83.9. The molecule has 2 N–H and O–H groups in total. The molecule has 0 saturated carbocycles. The summed E-state index contributed by atoms with van der Waals surface area (Å²) in [5.41, 5.74) is 0.0490. The van der Waals surface area contributed by atoms with E-state index in [0.29, 0.717) is 4.47 Å². The van der Waals surface area contributed by atoms with Gasteiger partial charge in [0.15, 0.2) is 13.2 Å². The lowest BCUT2D eigenvalue weighted by atomic mass is 10.2. The minimum Gasteiger partial charge on any atom is -0.484 e. The van der Waals surface area contributed by atoms with E-state index >= 15 is 0 Å². The van der Waals surface area contributed by atoms with Crippen molar-refractivity contribution in [2.24, 2.45) is 0 Å². The quantitative estimate of drug-likeness (QED) is 0.420. The van der Waals surface area contributed by atoms with Crippen LogP contribution < -0.4 is 20.1 Å². The molecule has 0 saturated heterocycles. The maximum absolute atomic E-state index is 12.4. The second-order valence-corrected chi connectivity index (χ2v) is 7.03. The molecule has 0 bridgehead atoms. The van der Waals surface area contributed by atoms with Crippen molar-refractivity contribution in [2.45, 2.75) is 12.4 Å². The van der Waals surface area contributed by atoms with Crippen molar-refractivity contribution in [3.05, 3.63) is 45.9 Å². The molecule has 0 radical (unpaired) electrons. The van der Waals surface area contributed by atoms with Crippen molar-refractivity contribution in [2.75, 3.05) is 23.8 Å². The number of benzene rings is 2. The van der Waals surface area contributed by atoms with Gasteiger partial charge in [0, 0.05) is 28.4 Å². The van der Waals surface area contributed by atoms with Crippen LogP contribution >= 0.6 is 27.5 Å². The van der Waals surface area contributed by atoms with Crippen LogP contribution in [0.4, 0.5) is 42.5 Å². The summed E-state index contributed by atoms with van der Waals surface area (Å²) in [6.07, 6.45) is -9.35. The molecule has 2 aromatic rings. The lowest BCUT2D eigenvalue weighted by molar-refractivity contribution is -0.153. The minimum absolute atomic E-state index is 0.169. The molecule has 13 heteroatoms. The van der Waals surface area contributed by atoms with Crippen LogP contribution in [0, 0.1) is 0 Å².